The van der Waals surface area contributed by atoms with Gasteiger partial charge in [-0.1, -0.05) is 29.8 Å². The lowest BCUT2D eigenvalue weighted by Gasteiger charge is -2.15. The van der Waals surface area contributed by atoms with E-state index in [0.717, 1.165) is 5.69 Å². The second kappa shape index (κ2) is 4.37. The summed E-state index contributed by atoms with van der Waals surface area (Å²) in [5.74, 6) is -0.505. The molecule has 5 heteroatoms. The third-order valence-electron chi connectivity index (χ3n) is 2.82. The molecule has 0 radical (unpaired) electrons. The number of halogens is 2. The summed E-state index contributed by atoms with van der Waals surface area (Å²) in [6.07, 6.45) is 0. The number of benzene rings is 2. The molecule has 0 fully saturated rings. The molecule has 1 aliphatic heterocycles. The van der Waals surface area contributed by atoms with Gasteiger partial charge in [-0.2, -0.15) is 0 Å². The van der Waals surface area contributed by atoms with E-state index in [2.05, 4.69) is 0 Å². The predicted molar refractivity (Wildman–Crippen MR) is 70.4 cm³/mol. The molecule has 3 rings (SSSR count). The first-order valence-corrected chi connectivity index (χ1v) is 6.87. The summed E-state index contributed by atoms with van der Waals surface area (Å²) in [5, 5.41) is 0.332. The Balaban J connectivity index is 2.07. The maximum Gasteiger partial charge on any atom is 0.156 e. The van der Waals surface area contributed by atoms with Gasteiger partial charge in [0.1, 0.15) is 10.7 Å². The van der Waals surface area contributed by atoms with Gasteiger partial charge >= 0.3 is 0 Å². The quantitative estimate of drug-likeness (QED) is 0.783. The Hall–Kier alpha value is -1.39. The molecular formula is C13H9ClFNOS. The number of para-hydroxylation sites is 1. The average Bonchev–Trinajstić information content (AvgIpc) is 2.67. The fourth-order valence-corrected chi connectivity index (χ4v) is 3.62. The van der Waals surface area contributed by atoms with Crippen molar-refractivity contribution in [2.75, 3.05) is 4.31 Å². The van der Waals surface area contributed by atoms with E-state index in [1.54, 1.807) is 10.4 Å². The van der Waals surface area contributed by atoms with Crippen molar-refractivity contribution in [1.29, 1.82) is 0 Å². The minimum absolute atomic E-state index is 0.239. The zero-order chi connectivity index (χ0) is 12.7. The molecule has 1 heterocycles. The van der Waals surface area contributed by atoms with E-state index >= 15 is 0 Å². The summed E-state index contributed by atoms with van der Waals surface area (Å²) >= 11 is 5.81. The molecule has 1 atom stereocenters. The van der Waals surface area contributed by atoms with E-state index < -0.39 is 16.8 Å². The van der Waals surface area contributed by atoms with Gasteiger partial charge in [0.25, 0.3) is 0 Å². The van der Waals surface area contributed by atoms with Gasteiger partial charge in [-0.15, -0.1) is 0 Å². The molecule has 1 aliphatic rings. The summed E-state index contributed by atoms with van der Waals surface area (Å²) in [6.45, 7) is 0.406. The maximum absolute atomic E-state index is 13.8. The third-order valence-corrected chi connectivity index (χ3v) is 4.58. The van der Waals surface area contributed by atoms with Gasteiger partial charge in [0.2, 0.25) is 0 Å². The van der Waals surface area contributed by atoms with Crippen LogP contribution in [0.2, 0.25) is 5.02 Å². The lowest BCUT2D eigenvalue weighted by molar-refractivity contribution is 0.595. The van der Waals surface area contributed by atoms with Crippen LogP contribution in [0, 0.1) is 5.82 Å². The van der Waals surface area contributed by atoms with Crippen molar-refractivity contribution in [1.82, 2.24) is 0 Å². The van der Waals surface area contributed by atoms with Crippen LogP contribution in [0.5, 0.6) is 0 Å². The van der Waals surface area contributed by atoms with E-state index in [0.29, 0.717) is 17.1 Å². The Kier molecular flexibility index (Phi) is 2.84. The first-order chi connectivity index (χ1) is 8.66. The molecule has 92 valence electrons. The van der Waals surface area contributed by atoms with Crippen molar-refractivity contribution in [3.05, 3.63) is 58.9 Å². The molecule has 0 aromatic heterocycles. The van der Waals surface area contributed by atoms with Gasteiger partial charge < -0.3 is 0 Å². The van der Waals surface area contributed by atoms with Gasteiger partial charge in [0.15, 0.2) is 11.0 Å². The molecule has 1 unspecified atom stereocenters. The molecule has 0 N–H and O–H groups in total. The predicted octanol–water partition coefficient (Wildman–Crippen LogP) is 3.52. The highest BCUT2D eigenvalue weighted by molar-refractivity contribution is 7.86. The topological polar surface area (TPSA) is 20.3 Å². The van der Waals surface area contributed by atoms with E-state index in [4.69, 9.17) is 11.6 Å². The highest BCUT2D eigenvalue weighted by Gasteiger charge is 2.30. The summed E-state index contributed by atoms with van der Waals surface area (Å²) in [5.41, 5.74) is 1.49. The minimum atomic E-state index is -1.51. The monoisotopic (exact) mass is 281 g/mol. The van der Waals surface area contributed by atoms with Crippen LogP contribution in [-0.4, -0.2) is 4.21 Å². The van der Waals surface area contributed by atoms with Crippen LogP contribution in [0.4, 0.5) is 10.1 Å². The normalized spacial score (nSPS) is 17.9. The number of rotatable bonds is 1. The maximum atomic E-state index is 13.8. The second-order valence-corrected chi connectivity index (χ2v) is 5.78. The van der Waals surface area contributed by atoms with Crippen LogP contribution in [0.1, 0.15) is 5.56 Å². The van der Waals surface area contributed by atoms with Crippen LogP contribution in [0.3, 0.4) is 0 Å². The highest BCUT2D eigenvalue weighted by Crippen LogP contribution is 2.34. The lowest BCUT2D eigenvalue weighted by atomic mass is 10.2. The third kappa shape index (κ3) is 1.82. The lowest BCUT2D eigenvalue weighted by Crippen LogP contribution is -2.17. The van der Waals surface area contributed by atoms with Crippen LogP contribution in [-0.2, 0) is 17.5 Å². The molecule has 2 nitrogen and oxygen atoms in total. The van der Waals surface area contributed by atoms with E-state index in [1.165, 1.54) is 6.07 Å². The fourth-order valence-electron chi connectivity index (χ4n) is 2.03. The standard InChI is InChI=1S/C13H9ClFNOS/c14-10-6-9-8-16(11-4-2-1-3-5-11)18(17)13(9)12(15)7-10/h1-7H,8H2. The molecule has 0 bridgehead atoms. The summed E-state index contributed by atoms with van der Waals surface area (Å²) in [6, 6.07) is 12.2. The molecule has 0 saturated heterocycles. The van der Waals surface area contributed by atoms with Gasteiger partial charge in [-0.25, -0.2) is 8.60 Å². The highest BCUT2D eigenvalue weighted by atomic mass is 35.5. The van der Waals surface area contributed by atoms with Crippen LogP contribution in [0.15, 0.2) is 47.4 Å². The Bertz CT molecular complexity index is 632. The van der Waals surface area contributed by atoms with E-state index in [9.17, 15) is 8.60 Å². The summed E-state index contributed by atoms with van der Waals surface area (Å²) < 4.78 is 27.7. The first-order valence-electron chi connectivity index (χ1n) is 5.39. The molecule has 2 aromatic carbocycles. The van der Waals surface area contributed by atoms with Gasteiger partial charge in [0, 0.05) is 10.7 Å². The first kappa shape index (κ1) is 11.7. The molecular weight excluding hydrogens is 273 g/mol. The van der Waals surface area contributed by atoms with Crippen molar-refractivity contribution in [3.8, 4) is 0 Å². The number of nitrogens with zero attached hydrogens (tertiary/aromatic N) is 1. The van der Waals surface area contributed by atoms with Crippen molar-refractivity contribution >= 4 is 28.3 Å². The van der Waals surface area contributed by atoms with Crippen LogP contribution >= 0.6 is 11.6 Å². The fraction of sp³-hybridized carbons (Fsp3) is 0.0769. The zero-order valence-corrected chi connectivity index (χ0v) is 10.8. The van der Waals surface area contributed by atoms with Gasteiger partial charge in [0.05, 0.1) is 6.54 Å². The molecule has 0 aliphatic carbocycles. The Labute approximate surface area is 112 Å². The number of anilines is 1. The van der Waals surface area contributed by atoms with Crippen LogP contribution in [0.25, 0.3) is 0 Å². The zero-order valence-electron chi connectivity index (χ0n) is 9.27. The molecule has 18 heavy (non-hydrogen) atoms. The summed E-state index contributed by atoms with van der Waals surface area (Å²) in [4.78, 5) is 0.239. The number of hydrogen-bond donors (Lipinski definition) is 0. The van der Waals surface area contributed by atoms with Crippen molar-refractivity contribution in [3.63, 3.8) is 0 Å². The largest absolute Gasteiger partial charge is 0.283 e. The number of fused-ring (bicyclic) bond motifs is 1. The van der Waals surface area contributed by atoms with Crippen molar-refractivity contribution in [2.24, 2.45) is 0 Å². The molecule has 0 amide bonds. The summed E-state index contributed by atoms with van der Waals surface area (Å²) in [7, 11) is -1.51. The van der Waals surface area contributed by atoms with Gasteiger partial charge in [-0.3, -0.25) is 4.31 Å². The Morgan fingerprint density at radius 2 is 1.94 bits per heavy atom. The second-order valence-electron chi connectivity index (χ2n) is 4.00. The number of hydrogen-bond acceptors (Lipinski definition) is 1. The van der Waals surface area contributed by atoms with Crippen molar-refractivity contribution < 1.29 is 8.60 Å². The van der Waals surface area contributed by atoms with Gasteiger partial charge in [-0.05, 0) is 29.8 Å². The van der Waals surface area contributed by atoms with Crippen LogP contribution < -0.4 is 4.31 Å². The van der Waals surface area contributed by atoms with Crippen molar-refractivity contribution in [2.45, 2.75) is 11.4 Å². The molecule has 2 aromatic rings. The Morgan fingerprint density at radius 3 is 2.67 bits per heavy atom. The van der Waals surface area contributed by atoms with E-state index in [-0.39, 0.29) is 4.90 Å². The SMILES string of the molecule is O=S1c2c(F)cc(Cl)cc2CN1c1ccccc1. The van der Waals surface area contributed by atoms with E-state index in [1.807, 2.05) is 30.3 Å². The average molecular weight is 282 g/mol. The Morgan fingerprint density at radius 1 is 1.22 bits per heavy atom. The smallest absolute Gasteiger partial charge is 0.156 e. The molecule has 0 spiro atoms. The molecule has 0 saturated carbocycles. The minimum Gasteiger partial charge on any atom is -0.283 e.